The molecule has 100 valence electrons. The normalized spacial score (nSPS) is 10.4. The Morgan fingerprint density at radius 1 is 1.42 bits per heavy atom. The fourth-order valence-corrected chi connectivity index (χ4v) is 1.83. The SMILES string of the molecule is Cc1cnn(CCNC(=O)Cc2ccccc2N)c1. The molecule has 0 unspecified atom stereocenters. The van der Waals surface area contributed by atoms with Gasteiger partial charge in [0.1, 0.15) is 0 Å². The average Bonchev–Trinajstić information content (AvgIpc) is 2.78. The minimum atomic E-state index is -0.0261. The van der Waals surface area contributed by atoms with Crippen molar-refractivity contribution >= 4 is 11.6 Å². The lowest BCUT2D eigenvalue weighted by Crippen LogP contribution is -2.28. The molecule has 2 aromatic rings. The van der Waals surface area contributed by atoms with Gasteiger partial charge in [-0.1, -0.05) is 18.2 Å². The van der Waals surface area contributed by atoms with Gasteiger partial charge in [0.05, 0.1) is 19.2 Å². The molecule has 0 bridgehead atoms. The van der Waals surface area contributed by atoms with Crippen molar-refractivity contribution in [2.45, 2.75) is 19.9 Å². The Labute approximate surface area is 112 Å². The summed E-state index contributed by atoms with van der Waals surface area (Å²) >= 11 is 0. The second-order valence-electron chi connectivity index (χ2n) is 4.51. The van der Waals surface area contributed by atoms with E-state index in [4.69, 9.17) is 5.73 Å². The molecular weight excluding hydrogens is 240 g/mol. The lowest BCUT2D eigenvalue weighted by molar-refractivity contribution is -0.120. The summed E-state index contributed by atoms with van der Waals surface area (Å²) in [5, 5.41) is 7.02. The van der Waals surface area contributed by atoms with Gasteiger partial charge < -0.3 is 11.1 Å². The van der Waals surface area contributed by atoms with Crippen molar-refractivity contribution < 1.29 is 4.79 Å². The van der Waals surface area contributed by atoms with E-state index >= 15 is 0 Å². The van der Waals surface area contributed by atoms with E-state index in [1.54, 1.807) is 12.3 Å². The number of hydrogen-bond donors (Lipinski definition) is 2. The van der Waals surface area contributed by atoms with Crippen LogP contribution in [0.4, 0.5) is 5.69 Å². The van der Waals surface area contributed by atoms with Gasteiger partial charge in [-0.2, -0.15) is 5.10 Å². The number of nitrogens with two attached hydrogens (primary N) is 1. The van der Waals surface area contributed by atoms with Gasteiger partial charge in [0, 0.05) is 18.4 Å². The number of carbonyl (C=O) groups excluding carboxylic acids is 1. The fourth-order valence-electron chi connectivity index (χ4n) is 1.83. The van der Waals surface area contributed by atoms with Crippen LogP contribution in [-0.4, -0.2) is 22.2 Å². The van der Waals surface area contributed by atoms with Crippen molar-refractivity contribution in [1.29, 1.82) is 0 Å². The molecule has 0 radical (unpaired) electrons. The number of nitrogen functional groups attached to an aromatic ring is 1. The monoisotopic (exact) mass is 258 g/mol. The second kappa shape index (κ2) is 6.04. The van der Waals surface area contributed by atoms with Crippen molar-refractivity contribution in [2.24, 2.45) is 0 Å². The summed E-state index contributed by atoms with van der Waals surface area (Å²) in [5.74, 6) is -0.0261. The third-order valence-electron chi connectivity index (χ3n) is 2.83. The van der Waals surface area contributed by atoms with Gasteiger partial charge in [-0.3, -0.25) is 9.48 Å². The minimum Gasteiger partial charge on any atom is -0.398 e. The molecule has 0 atom stereocenters. The fraction of sp³-hybridized carbons (Fsp3) is 0.286. The smallest absolute Gasteiger partial charge is 0.224 e. The number of anilines is 1. The molecule has 1 aromatic carbocycles. The third kappa shape index (κ3) is 3.84. The van der Waals surface area contributed by atoms with Gasteiger partial charge in [-0.25, -0.2) is 0 Å². The molecule has 1 amide bonds. The Morgan fingerprint density at radius 3 is 2.89 bits per heavy atom. The quantitative estimate of drug-likeness (QED) is 0.790. The standard InChI is InChI=1S/C14H18N4O/c1-11-9-17-18(10-11)7-6-16-14(19)8-12-4-2-3-5-13(12)15/h2-5,9-10H,6-8,15H2,1H3,(H,16,19). The van der Waals surface area contributed by atoms with Crippen LogP contribution in [0.3, 0.4) is 0 Å². The van der Waals surface area contributed by atoms with Gasteiger partial charge in [0.15, 0.2) is 0 Å². The summed E-state index contributed by atoms with van der Waals surface area (Å²) in [6, 6.07) is 7.41. The highest BCUT2D eigenvalue weighted by atomic mass is 16.1. The molecule has 0 spiro atoms. The van der Waals surface area contributed by atoms with Crippen LogP contribution in [0.15, 0.2) is 36.7 Å². The van der Waals surface area contributed by atoms with Crippen molar-refractivity contribution in [1.82, 2.24) is 15.1 Å². The van der Waals surface area contributed by atoms with Gasteiger partial charge in [0.2, 0.25) is 5.91 Å². The van der Waals surface area contributed by atoms with Gasteiger partial charge in [-0.15, -0.1) is 0 Å². The maximum atomic E-state index is 11.8. The largest absolute Gasteiger partial charge is 0.398 e. The van der Waals surface area contributed by atoms with Crippen molar-refractivity contribution in [3.8, 4) is 0 Å². The van der Waals surface area contributed by atoms with E-state index in [-0.39, 0.29) is 5.91 Å². The summed E-state index contributed by atoms with van der Waals surface area (Å²) in [7, 11) is 0. The van der Waals surface area contributed by atoms with Crippen LogP contribution in [0, 0.1) is 6.92 Å². The molecule has 0 fully saturated rings. The predicted molar refractivity (Wildman–Crippen MR) is 74.5 cm³/mol. The Balaban J connectivity index is 1.77. The highest BCUT2D eigenvalue weighted by Gasteiger charge is 2.05. The predicted octanol–water partition coefficient (Wildman–Crippen LogP) is 1.13. The Kier molecular flexibility index (Phi) is 4.18. The molecule has 2 rings (SSSR count). The topological polar surface area (TPSA) is 72.9 Å². The van der Waals surface area contributed by atoms with E-state index < -0.39 is 0 Å². The Morgan fingerprint density at radius 2 is 2.21 bits per heavy atom. The van der Waals surface area contributed by atoms with Crippen LogP contribution in [0.5, 0.6) is 0 Å². The highest BCUT2D eigenvalue weighted by molar-refractivity contribution is 5.80. The molecule has 0 saturated carbocycles. The molecule has 0 aliphatic carbocycles. The van der Waals surface area contributed by atoms with E-state index in [1.807, 2.05) is 36.0 Å². The van der Waals surface area contributed by atoms with Crippen molar-refractivity contribution in [3.63, 3.8) is 0 Å². The lowest BCUT2D eigenvalue weighted by Gasteiger charge is -2.07. The summed E-state index contributed by atoms with van der Waals surface area (Å²) in [6.07, 6.45) is 4.05. The summed E-state index contributed by atoms with van der Waals surface area (Å²) in [5.41, 5.74) is 8.42. The summed E-state index contributed by atoms with van der Waals surface area (Å²) in [4.78, 5) is 11.8. The zero-order valence-corrected chi connectivity index (χ0v) is 11.0. The first-order valence-corrected chi connectivity index (χ1v) is 6.24. The van der Waals surface area contributed by atoms with Crippen LogP contribution in [0.25, 0.3) is 0 Å². The third-order valence-corrected chi connectivity index (χ3v) is 2.83. The number of aromatic nitrogens is 2. The number of amides is 1. The van der Waals surface area contributed by atoms with Crippen LogP contribution >= 0.6 is 0 Å². The number of para-hydroxylation sites is 1. The molecule has 19 heavy (non-hydrogen) atoms. The first kappa shape index (κ1) is 13.1. The van der Waals surface area contributed by atoms with Gasteiger partial charge in [-0.05, 0) is 24.1 Å². The molecule has 1 aromatic heterocycles. The number of nitrogens with zero attached hydrogens (tertiary/aromatic N) is 2. The van der Waals surface area contributed by atoms with Crippen molar-refractivity contribution in [2.75, 3.05) is 12.3 Å². The average molecular weight is 258 g/mol. The number of aryl methyl sites for hydroxylation is 1. The van der Waals surface area contributed by atoms with E-state index in [2.05, 4.69) is 10.4 Å². The van der Waals surface area contributed by atoms with Crippen LogP contribution in [-0.2, 0) is 17.8 Å². The molecule has 0 saturated heterocycles. The molecule has 5 nitrogen and oxygen atoms in total. The van der Waals surface area contributed by atoms with Gasteiger partial charge in [0.25, 0.3) is 0 Å². The van der Waals surface area contributed by atoms with Crippen LogP contribution in [0.2, 0.25) is 0 Å². The summed E-state index contributed by atoms with van der Waals surface area (Å²) < 4.78 is 1.81. The number of carbonyl (C=O) groups is 1. The molecule has 0 aliphatic heterocycles. The first-order chi connectivity index (χ1) is 9.15. The van der Waals surface area contributed by atoms with Crippen LogP contribution < -0.4 is 11.1 Å². The number of nitrogens with one attached hydrogen (secondary N) is 1. The first-order valence-electron chi connectivity index (χ1n) is 6.24. The van der Waals surface area contributed by atoms with E-state index in [0.29, 0.717) is 25.2 Å². The second-order valence-corrected chi connectivity index (χ2v) is 4.51. The molecule has 0 aliphatic rings. The molecular formula is C14H18N4O. The maximum Gasteiger partial charge on any atom is 0.224 e. The van der Waals surface area contributed by atoms with Crippen LogP contribution in [0.1, 0.15) is 11.1 Å². The summed E-state index contributed by atoms with van der Waals surface area (Å²) in [6.45, 7) is 3.22. The van der Waals surface area contributed by atoms with E-state index in [9.17, 15) is 4.79 Å². The van der Waals surface area contributed by atoms with E-state index in [0.717, 1.165) is 11.1 Å². The van der Waals surface area contributed by atoms with Crippen molar-refractivity contribution in [3.05, 3.63) is 47.8 Å². The number of hydrogen-bond acceptors (Lipinski definition) is 3. The Bertz CT molecular complexity index is 562. The molecule has 1 heterocycles. The zero-order chi connectivity index (χ0) is 13.7. The number of rotatable bonds is 5. The number of benzene rings is 1. The lowest BCUT2D eigenvalue weighted by atomic mass is 10.1. The molecule has 5 heteroatoms. The highest BCUT2D eigenvalue weighted by Crippen LogP contribution is 2.10. The zero-order valence-electron chi connectivity index (χ0n) is 11.0. The molecule has 3 N–H and O–H groups in total. The Hall–Kier alpha value is -2.30. The van der Waals surface area contributed by atoms with E-state index in [1.165, 1.54) is 0 Å². The minimum absolute atomic E-state index is 0.0261. The van der Waals surface area contributed by atoms with Gasteiger partial charge >= 0.3 is 0 Å². The maximum absolute atomic E-state index is 11.8.